The summed E-state index contributed by atoms with van der Waals surface area (Å²) >= 11 is 7.87. The molecule has 1 nitrogen and oxygen atoms in total. The van der Waals surface area contributed by atoms with Crippen LogP contribution < -0.4 is 0 Å². The van der Waals surface area contributed by atoms with E-state index in [1.54, 1.807) is 6.07 Å². The summed E-state index contributed by atoms with van der Waals surface area (Å²) in [5.41, 5.74) is 0.866. The lowest BCUT2D eigenvalue weighted by Crippen LogP contribution is -1.76. The summed E-state index contributed by atoms with van der Waals surface area (Å²) in [4.78, 5) is 3.06. The number of aromatic nitrogens is 1. The molecule has 1 aromatic carbocycles. The molecule has 4 heteroatoms. The largest absolute Gasteiger partial charge is 0.350 e. The van der Waals surface area contributed by atoms with Gasteiger partial charge in [0.2, 0.25) is 0 Å². The van der Waals surface area contributed by atoms with Crippen molar-refractivity contribution in [2.24, 2.45) is 0 Å². The second-order valence-electron chi connectivity index (χ2n) is 2.44. The van der Waals surface area contributed by atoms with Gasteiger partial charge in [-0.1, -0.05) is 11.6 Å². The Labute approximate surface area is 87.1 Å². The van der Waals surface area contributed by atoms with Crippen molar-refractivity contribution >= 4 is 45.1 Å². The third-order valence-electron chi connectivity index (χ3n) is 1.66. The molecule has 2 aromatic rings. The molecule has 0 radical (unpaired) electrons. The summed E-state index contributed by atoms with van der Waals surface area (Å²) in [6, 6.07) is 4.86. The lowest BCUT2D eigenvalue weighted by atomic mass is 10.2. The smallest absolute Gasteiger partial charge is 0.142 e. The molecular formula is C8H4ClFIN. The van der Waals surface area contributed by atoms with Gasteiger partial charge in [-0.15, -0.1) is 0 Å². The quantitative estimate of drug-likeness (QED) is 0.715. The van der Waals surface area contributed by atoms with Crippen LogP contribution in [0.2, 0.25) is 5.02 Å². The Hall–Kier alpha value is -0.290. The van der Waals surface area contributed by atoms with Crippen LogP contribution in [0.25, 0.3) is 10.9 Å². The van der Waals surface area contributed by atoms with Crippen molar-refractivity contribution in [1.82, 2.24) is 4.98 Å². The number of rotatable bonds is 0. The van der Waals surface area contributed by atoms with E-state index in [9.17, 15) is 4.39 Å². The van der Waals surface area contributed by atoms with E-state index in [0.717, 1.165) is 14.6 Å². The standard InChI is InChI=1S/C8H4ClFIN/c9-8-4-3-7(11)12-6(4)2-1-5(8)10/h1-3,12H. The molecule has 0 aliphatic heterocycles. The van der Waals surface area contributed by atoms with Gasteiger partial charge < -0.3 is 4.98 Å². The van der Waals surface area contributed by atoms with Crippen molar-refractivity contribution in [2.45, 2.75) is 0 Å². The molecule has 2 rings (SSSR count). The van der Waals surface area contributed by atoms with Gasteiger partial charge >= 0.3 is 0 Å². The highest BCUT2D eigenvalue weighted by Gasteiger charge is 2.06. The van der Waals surface area contributed by atoms with Gasteiger partial charge in [0.05, 0.1) is 8.72 Å². The summed E-state index contributed by atoms with van der Waals surface area (Å²) in [7, 11) is 0. The number of halogens is 3. The number of hydrogen-bond acceptors (Lipinski definition) is 0. The van der Waals surface area contributed by atoms with Crippen molar-refractivity contribution < 1.29 is 4.39 Å². The van der Waals surface area contributed by atoms with Crippen molar-refractivity contribution in [2.75, 3.05) is 0 Å². The first kappa shape index (κ1) is 8.31. The maximum atomic E-state index is 12.9. The first-order chi connectivity index (χ1) is 5.68. The van der Waals surface area contributed by atoms with E-state index in [2.05, 4.69) is 27.6 Å². The van der Waals surface area contributed by atoms with Gasteiger partial charge in [0.1, 0.15) is 5.82 Å². The second kappa shape index (κ2) is 2.88. The summed E-state index contributed by atoms with van der Waals surface area (Å²) in [5, 5.41) is 0.924. The van der Waals surface area contributed by atoms with E-state index in [-0.39, 0.29) is 10.8 Å². The van der Waals surface area contributed by atoms with Gasteiger partial charge in [-0.3, -0.25) is 0 Å². The van der Waals surface area contributed by atoms with Crippen LogP contribution >= 0.6 is 34.2 Å². The van der Waals surface area contributed by atoms with Crippen LogP contribution in [0.5, 0.6) is 0 Å². The Balaban J connectivity index is 2.89. The van der Waals surface area contributed by atoms with Crippen molar-refractivity contribution in [3.63, 3.8) is 0 Å². The predicted octanol–water partition coefficient (Wildman–Crippen LogP) is 3.57. The number of aromatic amines is 1. The molecule has 0 saturated carbocycles. The van der Waals surface area contributed by atoms with Gasteiger partial charge in [-0.25, -0.2) is 4.39 Å². The third kappa shape index (κ3) is 1.21. The highest BCUT2D eigenvalue weighted by molar-refractivity contribution is 14.1. The molecule has 62 valence electrons. The zero-order chi connectivity index (χ0) is 8.72. The topological polar surface area (TPSA) is 15.8 Å². The molecule has 0 aliphatic rings. The first-order valence-electron chi connectivity index (χ1n) is 3.30. The average Bonchev–Trinajstić information content (AvgIpc) is 2.39. The molecular weight excluding hydrogens is 291 g/mol. The van der Waals surface area contributed by atoms with E-state index in [0.29, 0.717) is 0 Å². The lowest BCUT2D eigenvalue weighted by molar-refractivity contribution is 0.630. The van der Waals surface area contributed by atoms with E-state index < -0.39 is 0 Å². The summed E-state index contributed by atoms with van der Waals surface area (Å²) in [5.74, 6) is -0.375. The molecule has 0 saturated heterocycles. The highest BCUT2D eigenvalue weighted by atomic mass is 127. The molecule has 0 bridgehead atoms. The van der Waals surface area contributed by atoms with Crippen LogP contribution in [0.3, 0.4) is 0 Å². The van der Waals surface area contributed by atoms with Crippen molar-refractivity contribution in [1.29, 1.82) is 0 Å². The fourth-order valence-electron chi connectivity index (χ4n) is 1.11. The number of hydrogen-bond donors (Lipinski definition) is 1. The molecule has 0 fully saturated rings. The summed E-state index contributed by atoms with van der Waals surface area (Å²) < 4.78 is 13.9. The van der Waals surface area contributed by atoms with Crippen LogP contribution in [0.1, 0.15) is 0 Å². The van der Waals surface area contributed by atoms with E-state index in [4.69, 9.17) is 11.6 Å². The zero-order valence-electron chi connectivity index (χ0n) is 5.87. The molecule has 0 spiro atoms. The van der Waals surface area contributed by atoms with Crippen LogP contribution in [0, 0.1) is 9.52 Å². The fourth-order valence-corrected chi connectivity index (χ4v) is 1.93. The predicted molar refractivity (Wildman–Crippen MR) is 56.0 cm³/mol. The molecule has 12 heavy (non-hydrogen) atoms. The molecule has 1 aromatic heterocycles. The molecule has 0 amide bonds. The maximum absolute atomic E-state index is 12.9. The van der Waals surface area contributed by atoms with Gasteiger partial charge in [-0.2, -0.15) is 0 Å². The molecule has 0 aliphatic carbocycles. The molecule has 1 heterocycles. The number of benzene rings is 1. The Morgan fingerprint density at radius 3 is 2.92 bits per heavy atom. The van der Waals surface area contributed by atoms with Crippen molar-refractivity contribution in [3.05, 3.63) is 32.7 Å². The van der Waals surface area contributed by atoms with Crippen LogP contribution in [-0.2, 0) is 0 Å². The summed E-state index contributed by atoms with van der Waals surface area (Å²) in [6.07, 6.45) is 0. The molecule has 0 atom stereocenters. The van der Waals surface area contributed by atoms with E-state index in [1.807, 2.05) is 6.07 Å². The monoisotopic (exact) mass is 295 g/mol. The number of nitrogens with one attached hydrogen (secondary N) is 1. The Morgan fingerprint density at radius 1 is 1.42 bits per heavy atom. The Kier molecular flexibility index (Phi) is 2.00. The Bertz CT molecular complexity index is 438. The van der Waals surface area contributed by atoms with Crippen LogP contribution in [0.4, 0.5) is 4.39 Å². The zero-order valence-corrected chi connectivity index (χ0v) is 8.78. The average molecular weight is 295 g/mol. The highest BCUT2D eigenvalue weighted by Crippen LogP contribution is 2.27. The minimum absolute atomic E-state index is 0.187. The molecule has 1 N–H and O–H groups in total. The van der Waals surface area contributed by atoms with Gasteiger partial charge in [-0.05, 0) is 40.8 Å². The van der Waals surface area contributed by atoms with Crippen molar-refractivity contribution in [3.8, 4) is 0 Å². The van der Waals surface area contributed by atoms with Gasteiger partial charge in [0.25, 0.3) is 0 Å². The Morgan fingerprint density at radius 2 is 2.17 bits per heavy atom. The second-order valence-corrected chi connectivity index (χ2v) is 3.98. The van der Waals surface area contributed by atoms with E-state index >= 15 is 0 Å². The first-order valence-corrected chi connectivity index (χ1v) is 4.76. The van der Waals surface area contributed by atoms with Gasteiger partial charge in [0, 0.05) is 10.9 Å². The third-order valence-corrected chi connectivity index (χ3v) is 2.62. The van der Waals surface area contributed by atoms with Gasteiger partial charge in [0.15, 0.2) is 0 Å². The molecule has 0 unspecified atom stereocenters. The fraction of sp³-hybridized carbons (Fsp3) is 0. The minimum atomic E-state index is -0.375. The lowest BCUT2D eigenvalue weighted by Gasteiger charge is -1.93. The van der Waals surface area contributed by atoms with E-state index in [1.165, 1.54) is 6.07 Å². The number of fused-ring (bicyclic) bond motifs is 1. The SMILES string of the molecule is Fc1ccc2[nH]c(I)cc2c1Cl. The number of H-pyrrole nitrogens is 1. The minimum Gasteiger partial charge on any atom is -0.350 e. The van der Waals surface area contributed by atoms with Crippen LogP contribution in [-0.4, -0.2) is 4.98 Å². The maximum Gasteiger partial charge on any atom is 0.142 e. The summed E-state index contributed by atoms with van der Waals surface area (Å²) in [6.45, 7) is 0. The normalized spacial score (nSPS) is 10.9. The van der Waals surface area contributed by atoms with Crippen LogP contribution in [0.15, 0.2) is 18.2 Å².